The summed E-state index contributed by atoms with van der Waals surface area (Å²) in [6, 6.07) is 5.54. The number of hydrogen-bond donors (Lipinski definition) is 0. The van der Waals surface area contributed by atoms with Crippen LogP contribution in [-0.2, 0) is 25.6 Å². The van der Waals surface area contributed by atoms with Gasteiger partial charge in [0.2, 0.25) is 0 Å². The van der Waals surface area contributed by atoms with Gasteiger partial charge in [0.1, 0.15) is 0 Å². The van der Waals surface area contributed by atoms with Gasteiger partial charge in [0.05, 0.1) is 12.2 Å². The van der Waals surface area contributed by atoms with Gasteiger partial charge in [0, 0.05) is 43.0 Å². The number of likely N-dealkylation sites (tertiary alicyclic amines) is 1. The van der Waals surface area contributed by atoms with Crippen molar-refractivity contribution in [2.75, 3.05) is 6.54 Å². The Morgan fingerprint density at radius 3 is 2.69 bits per heavy atom. The van der Waals surface area contributed by atoms with E-state index < -0.39 is 0 Å². The third-order valence-electron chi connectivity index (χ3n) is 5.05. The van der Waals surface area contributed by atoms with Gasteiger partial charge >= 0.3 is 5.69 Å². The molecule has 0 N–H and O–H groups in total. The lowest BCUT2D eigenvalue weighted by Gasteiger charge is -2.26. The number of aromatic nitrogens is 4. The number of hydrogen-bond acceptors (Lipinski definition) is 5. The molecule has 0 amide bonds. The Balaban J connectivity index is 1.80. The molecule has 3 heterocycles. The smallest absolute Gasteiger partial charge is 0.298 e. The van der Waals surface area contributed by atoms with Gasteiger partial charge in [-0.3, -0.25) is 14.3 Å². The summed E-state index contributed by atoms with van der Waals surface area (Å²) in [5.74, 6) is 0. The van der Waals surface area contributed by atoms with Crippen molar-refractivity contribution in [2.45, 2.75) is 58.2 Å². The van der Waals surface area contributed by atoms with E-state index in [4.69, 9.17) is 0 Å². The van der Waals surface area contributed by atoms with E-state index in [0.29, 0.717) is 13.1 Å². The van der Waals surface area contributed by atoms with E-state index in [0.717, 1.165) is 30.8 Å². The minimum Gasteiger partial charge on any atom is -0.298 e. The number of nitrogens with zero attached hydrogens (tertiary/aromatic N) is 5. The molecule has 1 saturated heterocycles. The molecule has 0 bridgehead atoms. The summed E-state index contributed by atoms with van der Waals surface area (Å²) in [5, 5.41) is 4.59. The molecule has 7 heteroatoms. The normalized spacial score (nSPS) is 18.4. The Hall–Kier alpha value is -2.28. The fourth-order valence-electron chi connectivity index (χ4n) is 3.36. The van der Waals surface area contributed by atoms with Crippen molar-refractivity contribution in [3.8, 4) is 0 Å². The average molecular weight is 357 g/mol. The molecule has 0 saturated carbocycles. The molecule has 26 heavy (non-hydrogen) atoms. The molecule has 0 aliphatic carbocycles. The molecule has 2 aromatic rings. The van der Waals surface area contributed by atoms with Crippen LogP contribution in [0.2, 0.25) is 0 Å². The minimum atomic E-state index is -0.242. The van der Waals surface area contributed by atoms with Crippen molar-refractivity contribution in [3.05, 3.63) is 56.6 Å². The maximum atomic E-state index is 12.3. The first-order valence-electron chi connectivity index (χ1n) is 9.09. The molecular formula is C19H27N5O2. The van der Waals surface area contributed by atoms with Crippen LogP contribution in [-0.4, -0.2) is 36.8 Å². The zero-order valence-corrected chi connectivity index (χ0v) is 16.0. The van der Waals surface area contributed by atoms with Gasteiger partial charge in [-0.25, -0.2) is 14.5 Å². The predicted molar refractivity (Wildman–Crippen MR) is 100 cm³/mol. The van der Waals surface area contributed by atoms with Crippen LogP contribution in [0.15, 0.2) is 34.0 Å². The highest BCUT2D eigenvalue weighted by molar-refractivity contribution is 5.11. The summed E-state index contributed by atoms with van der Waals surface area (Å²) in [5.41, 5.74) is 1.44. The second-order valence-corrected chi connectivity index (χ2v) is 8.03. The highest BCUT2D eigenvalue weighted by atomic mass is 16.1. The molecule has 0 aromatic carbocycles. The first-order valence-corrected chi connectivity index (χ1v) is 9.09. The molecule has 1 aliphatic rings. The van der Waals surface area contributed by atoms with E-state index in [9.17, 15) is 9.59 Å². The summed E-state index contributed by atoms with van der Waals surface area (Å²) >= 11 is 0. The van der Waals surface area contributed by atoms with Crippen LogP contribution in [0.3, 0.4) is 0 Å². The van der Waals surface area contributed by atoms with Crippen LogP contribution >= 0.6 is 0 Å². The molecule has 1 atom stereocenters. The Labute approximate surface area is 153 Å². The lowest BCUT2D eigenvalue weighted by Crippen LogP contribution is -2.38. The van der Waals surface area contributed by atoms with Crippen LogP contribution in [0.4, 0.5) is 0 Å². The Bertz CT molecular complexity index is 894. The van der Waals surface area contributed by atoms with Crippen LogP contribution in [0.5, 0.6) is 0 Å². The van der Waals surface area contributed by atoms with E-state index in [2.05, 4.69) is 35.8 Å². The topological polar surface area (TPSA) is 73.0 Å². The largest absolute Gasteiger partial charge is 0.347 e. The molecule has 7 nitrogen and oxygen atoms in total. The SMILES string of the molecule is Cn1c(CN2CCCC2Cn2nc(C(C)(C)C)ccc2=O)ccnc1=O. The number of rotatable bonds is 4. The van der Waals surface area contributed by atoms with Crippen molar-refractivity contribution < 1.29 is 0 Å². The van der Waals surface area contributed by atoms with Crippen LogP contribution in [0, 0.1) is 0 Å². The molecular weight excluding hydrogens is 330 g/mol. The van der Waals surface area contributed by atoms with E-state index >= 15 is 0 Å². The summed E-state index contributed by atoms with van der Waals surface area (Å²) in [4.78, 5) is 30.1. The molecule has 140 valence electrons. The maximum absolute atomic E-state index is 12.3. The average Bonchev–Trinajstić information content (AvgIpc) is 3.00. The van der Waals surface area contributed by atoms with Crippen LogP contribution in [0.25, 0.3) is 0 Å². The molecule has 1 aliphatic heterocycles. The van der Waals surface area contributed by atoms with Gasteiger partial charge in [-0.15, -0.1) is 0 Å². The minimum absolute atomic E-state index is 0.0684. The second kappa shape index (κ2) is 7.15. The van der Waals surface area contributed by atoms with Crippen LogP contribution < -0.4 is 11.2 Å². The van der Waals surface area contributed by atoms with Crippen molar-refractivity contribution in [2.24, 2.45) is 7.05 Å². The van der Waals surface area contributed by atoms with Gasteiger partial charge in [-0.05, 0) is 31.5 Å². The van der Waals surface area contributed by atoms with Crippen molar-refractivity contribution in [1.29, 1.82) is 0 Å². The second-order valence-electron chi connectivity index (χ2n) is 8.03. The van der Waals surface area contributed by atoms with E-state index in [1.165, 1.54) is 0 Å². The van der Waals surface area contributed by atoms with Crippen molar-refractivity contribution in [3.63, 3.8) is 0 Å². The quantitative estimate of drug-likeness (QED) is 0.825. The first kappa shape index (κ1) is 18.5. The summed E-state index contributed by atoms with van der Waals surface area (Å²) in [7, 11) is 1.74. The molecule has 0 spiro atoms. The fourth-order valence-corrected chi connectivity index (χ4v) is 3.36. The zero-order valence-electron chi connectivity index (χ0n) is 16.0. The molecule has 3 rings (SSSR count). The van der Waals surface area contributed by atoms with Gasteiger partial charge in [-0.1, -0.05) is 20.8 Å². The highest BCUT2D eigenvalue weighted by Gasteiger charge is 2.27. The summed E-state index contributed by atoms with van der Waals surface area (Å²) in [6.07, 6.45) is 3.66. The van der Waals surface area contributed by atoms with Gasteiger partial charge in [-0.2, -0.15) is 5.10 Å². The fraction of sp³-hybridized carbons (Fsp3) is 0.579. The van der Waals surface area contributed by atoms with Gasteiger partial charge in [0.15, 0.2) is 0 Å². The Morgan fingerprint density at radius 2 is 1.96 bits per heavy atom. The monoisotopic (exact) mass is 357 g/mol. The zero-order chi connectivity index (χ0) is 18.9. The van der Waals surface area contributed by atoms with Crippen molar-refractivity contribution in [1.82, 2.24) is 24.2 Å². The predicted octanol–water partition coefficient (Wildman–Crippen LogP) is 1.30. The van der Waals surface area contributed by atoms with Crippen LogP contribution in [0.1, 0.15) is 45.0 Å². The standard InChI is InChI=1S/C19H27N5O2/c1-19(2,3)16-7-8-17(25)24(21-16)13-15-6-5-11-23(15)12-14-9-10-20-18(26)22(14)4/h7-10,15H,5-6,11-13H2,1-4H3. The van der Waals surface area contributed by atoms with Gasteiger partial charge in [0.25, 0.3) is 5.56 Å². The van der Waals surface area contributed by atoms with E-state index in [1.807, 2.05) is 12.1 Å². The van der Waals surface area contributed by atoms with E-state index in [1.54, 1.807) is 28.6 Å². The Kier molecular flexibility index (Phi) is 5.09. The third kappa shape index (κ3) is 3.93. The Morgan fingerprint density at radius 1 is 1.19 bits per heavy atom. The molecule has 0 radical (unpaired) electrons. The maximum Gasteiger partial charge on any atom is 0.347 e. The molecule has 2 aromatic heterocycles. The highest BCUT2D eigenvalue weighted by Crippen LogP contribution is 2.22. The summed E-state index contributed by atoms with van der Waals surface area (Å²) < 4.78 is 3.18. The lowest BCUT2D eigenvalue weighted by atomic mass is 9.92. The van der Waals surface area contributed by atoms with E-state index in [-0.39, 0.29) is 22.7 Å². The first-order chi connectivity index (χ1) is 12.3. The molecule has 1 unspecified atom stereocenters. The third-order valence-corrected chi connectivity index (χ3v) is 5.05. The molecule has 1 fully saturated rings. The summed E-state index contributed by atoms with van der Waals surface area (Å²) in [6.45, 7) is 8.48. The van der Waals surface area contributed by atoms with Gasteiger partial charge < -0.3 is 0 Å². The van der Waals surface area contributed by atoms with Crippen molar-refractivity contribution >= 4 is 0 Å². The lowest BCUT2D eigenvalue weighted by molar-refractivity contribution is 0.210.